The SMILES string of the molecule is Cc1n[c]cc(Nc2ccc(N3CCOCC3C)nn2)n1. The fraction of sp³-hybridized carbons (Fsp3) is 0.429. The molecule has 0 amide bonds. The van der Waals surface area contributed by atoms with Crippen LogP contribution in [0.5, 0.6) is 0 Å². The van der Waals surface area contributed by atoms with Crippen molar-refractivity contribution in [2.24, 2.45) is 0 Å². The number of ether oxygens (including phenoxy) is 1. The Morgan fingerprint density at radius 2 is 2.24 bits per heavy atom. The van der Waals surface area contributed by atoms with Crippen molar-refractivity contribution >= 4 is 17.5 Å². The number of hydrogen-bond acceptors (Lipinski definition) is 7. The van der Waals surface area contributed by atoms with Crippen molar-refractivity contribution in [2.45, 2.75) is 19.9 Å². The monoisotopic (exact) mass is 285 g/mol. The van der Waals surface area contributed by atoms with Gasteiger partial charge in [0.2, 0.25) is 0 Å². The molecular weight excluding hydrogens is 268 g/mol. The van der Waals surface area contributed by atoms with Crippen LogP contribution in [0.25, 0.3) is 0 Å². The third kappa shape index (κ3) is 3.25. The molecule has 1 atom stereocenters. The van der Waals surface area contributed by atoms with E-state index in [1.807, 2.05) is 19.1 Å². The summed E-state index contributed by atoms with van der Waals surface area (Å²) in [4.78, 5) is 10.4. The zero-order valence-electron chi connectivity index (χ0n) is 12.1. The van der Waals surface area contributed by atoms with Gasteiger partial charge in [-0.25, -0.2) is 9.97 Å². The van der Waals surface area contributed by atoms with E-state index in [4.69, 9.17) is 4.74 Å². The summed E-state index contributed by atoms with van der Waals surface area (Å²) in [5, 5.41) is 11.6. The number of morpholine rings is 1. The molecule has 7 nitrogen and oxygen atoms in total. The molecule has 1 saturated heterocycles. The summed E-state index contributed by atoms with van der Waals surface area (Å²) in [6.45, 7) is 6.21. The Kier molecular flexibility index (Phi) is 3.92. The molecule has 1 aliphatic heterocycles. The molecule has 2 aromatic heterocycles. The molecule has 0 saturated carbocycles. The zero-order chi connectivity index (χ0) is 14.7. The van der Waals surface area contributed by atoms with Gasteiger partial charge in [0.25, 0.3) is 0 Å². The van der Waals surface area contributed by atoms with Crippen molar-refractivity contribution in [1.29, 1.82) is 0 Å². The molecular formula is C14H17N6O. The van der Waals surface area contributed by atoms with Gasteiger partial charge in [-0.1, -0.05) is 0 Å². The molecule has 1 aliphatic rings. The second-order valence-electron chi connectivity index (χ2n) is 4.95. The van der Waals surface area contributed by atoms with Crippen LogP contribution < -0.4 is 10.2 Å². The van der Waals surface area contributed by atoms with Gasteiger partial charge in [-0.05, 0) is 26.0 Å². The molecule has 3 rings (SSSR count). The highest BCUT2D eigenvalue weighted by atomic mass is 16.5. The van der Waals surface area contributed by atoms with E-state index >= 15 is 0 Å². The van der Waals surface area contributed by atoms with Gasteiger partial charge >= 0.3 is 0 Å². The lowest BCUT2D eigenvalue weighted by Gasteiger charge is -2.33. The Hall–Kier alpha value is -2.28. The van der Waals surface area contributed by atoms with Crippen molar-refractivity contribution in [3.8, 4) is 0 Å². The summed E-state index contributed by atoms with van der Waals surface area (Å²) >= 11 is 0. The first-order valence-electron chi connectivity index (χ1n) is 6.89. The third-order valence-electron chi connectivity index (χ3n) is 3.28. The lowest BCUT2D eigenvalue weighted by Crippen LogP contribution is -2.44. The van der Waals surface area contributed by atoms with Crippen LogP contribution >= 0.6 is 0 Å². The Morgan fingerprint density at radius 1 is 1.33 bits per heavy atom. The normalized spacial score (nSPS) is 18.6. The average Bonchev–Trinajstić information content (AvgIpc) is 2.49. The number of aryl methyl sites for hydroxylation is 1. The fourth-order valence-electron chi connectivity index (χ4n) is 2.23. The lowest BCUT2D eigenvalue weighted by molar-refractivity contribution is 0.0984. The van der Waals surface area contributed by atoms with Gasteiger partial charge in [-0.15, -0.1) is 10.2 Å². The standard InChI is InChI=1S/C14H17N6O/c1-10-9-21-8-7-20(10)14-4-3-13(18-19-14)17-12-5-6-15-11(2)16-12/h3-5,10H,7-9H2,1-2H3,(H,15,16,17,18). The van der Waals surface area contributed by atoms with Crippen LogP contribution in [0.1, 0.15) is 12.7 Å². The first-order chi connectivity index (χ1) is 10.2. The number of anilines is 3. The summed E-state index contributed by atoms with van der Waals surface area (Å²) in [6, 6.07) is 5.83. The summed E-state index contributed by atoms with van der Waals surface area (Å²) in [5.41, 5.74) is 0. The zero-order valence-corrected chi connectivity index (χ0v) is 12.1. The number of nitrogens with one attached hydrogen (secondary N) is 1. The van der Waals surface area contributed by atoms with E-state index in [9.17, 15) is 0 Å². The quantitative estimate of drug-likeness (QED) is 0.912. The molecule has 0 spiro atoms. The Bertz CT molecular complexity index is 603. The highest BCUT2D eigenvalue weighted by Crippen LogP contribution is 2.18. The maximum absolute atomic E-state index is 5.43. The molecule has 2 aromatic rings. The van der Waals surface area contributed by atoms with Crippen LogP contribution in [0.4, 0.5) is 17.5 Å². The number of nitrogens with zero attached hydrogens (tertiary/aromatic N) is 5. The fourth-order valence-corrected chi connectivity index (χ4v) is 2.23. The molecule has 0 bridgehead atoms. The number of rotatable bonds is 3. The first kappa shape index (κ1) is 13.7. The minimum absolute atomic E-state index is 0.311. The van der Waals surface area contributed by atoms with Crippen LogP contribution in [0.15, 0.2) is 18.2 Å². The Labute approximate surface area is 123 Å². The minimum Gasteiger partial charge on any atom is -0.377 e. The van der Waals surface area contributed by atoms with Crippen LogP contribution in [0.3, 0.4) is 0 Å². The van der Waals surface area contributed by atoms with Crippen molar-refractivity contribution in [3.05, 3.63) is 30.2 Å². The van der Waals surface area contributed by atoms with Crippen molar-refractivity contribution in [2.75, 3.05) is 30.0 Å². The summed E-state index contributed by atoms with van der Waals surface area (Å²) < 4.78 is 5.43. The second kappa shape index (κ2) is 6.01. The van der Waals surface area contributed by atoms with Crippen LogP contribution in [-0.2, 0) is 4.74 Å². The molecule has 1 N–H and O–H groups in total. The predicted molar refractivity (Wildman–Crippen MR) is 78.5 cm³/mol. The number of hydrogen-bond donors (Lipinski definition) is 1. The van der Waals surface area contributed by atoms with Crippen LogP contribution in [0.2, 0.25) is 0 Å². The highest BCUT2D eigenvalue weighted by Gasteiger charge is 2.20. The van der Waals surface area contributed by atoms with E-state index in [0.29, 0.717) is 23.5 Å². The number of aromatic nitrogens is 4. The maximum atomic E-state index is 5.43. The van der Waals surface area contributed by atoms with Crippen LogP contribution in [0, 0.1) is 13.1 Å². The third-order valence-corrected chi connectivity index (χ3v) is 3.28. The molecule has 7 heteroatoms. The molecule has 21 heavy (non-hydrogen) atoms. The first-order valence-corrected chi connectivity index (χ1v) is 6.89. The molecule has 0 aliphatic carbocycles. The molecule has 109 valence electrons. The largest absolute Gasteiger partial charge is 0.377 e. The topological polar surface area (TPSA) is 76.1 Å². The summed E-state index contributed by atoms with van der Waals surface area (Å²) in [7, 11) is 0. The lowest BCUT2D eigenvalue weighted by atomic mass is 10.2. The van der Waals surface area contributed by atoms with Gasteiger partial charge in [0, 0.05) is 12.6 Å². The molecule has 1 unspecified atom stereocenters. The molecule has 1 radical (unpaired) electrons. The molecule has 1 fully saturated rings. The molecule has 0 aromatic carbocycles. The van der Waals surface area contributed by atoms with E-state index < -0.39 is 0 Å². The van der Waals surface area contributed by atoms with Crippen molar-refractivity contribution in [1.82, 2.24) is 20.2 Å². The molecule has 3 heterocycles. The highest BCUT2D eigenvalue weighted by molar-refractivity contribution is 5.52. The Morgan fingerprint density at radius 3 is 2.95 bits per heavy atom. The van der Waals surface area contributed by atoms with Gasteiger partial charge in [-0.2, -0.15) is 0 Å². The Balaban J connectivity index is 1.72. The van der Waals surface area contributed by atoms with E-state index in [-0.39, 0.29) is 0 Å². The van der Waals surface area contributed by atoms with Gasteiger partial charge in [0.1, 0.15) is 11.6 Å². The summed E-state index contributed by atoms with van der Waals surface area (Å²) in [5.74, 6) is 2.82. The van der Waals surface area contributed by atoms with E-state index in [0.717, 1.165) is 25.6 Å². The minimum atomic E-state index is 0.311. The second-order valence-corrected chi connectivity index (χ2v) is 4.95. The van der Waals surface area contributed by atoms with E-state index in [1.54, 1.807) is 6.07 Å². The van der Waals surface area contributed by atoms with Gasteiger partial charge in [-0.3, -0.25) is 0 Å². The van der Waals surface area contributed by atoms with Gasteiger partial charge in [0.05, 0.1) is 25.5 Å². The smallest absolute Gasteiger partial charge is 0.154 e. The van der Waals surface area contributed by atoms with E-state index in [1.165, 1.54) is 0 Å². The predicted octanol–water partition coefficient (Wildman–Crippen LogP) is 1.34. The maximum Gasteiger partial charge on any atom is 0.154 e. The average molecular weight is 285 g/mol. The van der Waals surface area contributed by atoms with Gasteiger partial charge < -0.3 is 15.0 Å². The van der Waals surface area contributed by atoms with Crippen molar-refractivity contribution < 1.29 is 4.74 Å². The van der Waals surface area contributed by atoms with Crippen LogP contribution in [-0.4, -0.2) is 46.0 Å². The van der Waals surface area contributed by atoms with Crippen molar-refractivity contribution in [3.63, 3.8) is 0 Å². The van der Waals surface area contributed by atoms with E-state index in [2.05, 4.69) is 43.5 Å². The summed E-state index contributed by atoms with van der Waals surface area (Å²) in [6.07, 6.45) is 2.77. The van der Waals surface area contributed by atoms with Gasteiger partial charge in [0.15, 0.2) is 11.6 Å².